The van der Waals surface area contributed by atoms with Gasteiger partial charge in [-0.2, -0.15) is 0 Å². The van der Waals surface area contributed by atoms with Crippen LogP contribution in [0.3, 0.4) is 0 Å². The van der Waals surface area contributed by atoms with Gasteiger partial charge in [0.2, 0.25) is 0 Å². The van der Waals surface area contributed by atoms with Gasteiger partial charge in [0.1, 0.15) is 0 Å². The van der Waals surface area contributed by atoms with Gasteiger partial charge in [0, 0.05) is 30.6 Å². The van der Waals surface area contributed by atoms with E-state index in [-0.39, 0.29) is 10.8 Å². The first-order valence-corrected chi connectivity index (χ1v) is 12.5. The lowest BCUT2D eigenvalue weighted by atomic mass is 9.93. The molecule has 0 amide bonds. The van der Waals surface area contributed by atoms with Gasteiger partial charge in [0.25, 0.3) is 0 Å². The largest absolute Gasteiger partial charge is 0.143 e. The molecule has 0 aliphatic carbocycles. The molecule has 3 aromatic heterocycles. The van der Waals surface area contributed by atoms with E-state index in [9.17, 15) is 0 Å². The topological polar surface area (TPSA) is 0 Å². The van der Waals surface area contributed by atoms with Gasteiger partial charge in [-0.05, 0) is 34.4 Å². The molecule has 0 saturated carbocycles. The number of benzene rings is 1. The van der Waals surface area contributed by atoms with Crippen molar-refractivity contribution in [3.63, 3.8) is 0 Å². The van der Waals surface area contributed by atoms with Gasteiger partial charge in [0.05, 0.1) is 9.40 Å². The van der Waals surface area contributed by atoms with Crippen LogP contribution in [0, 0.1) is 0 Å². The summed E-state index contributed by atoms with van der Waals surface area (Å²) in [5.74, 6) is 0. The summed E-state index contributed by atoms with van der Waals surface area (Å²) in [7, 11) is 0. The summed E-state index contributed by atoms with van der Waals surface area (Å²) in [4.78, 5) is 2.97. The molecule has 148 valence electrons. The second-order valence-corrected chi connectivity index (χ2v) is 11.4. The molecule has 0 bridgehead atoms. The average Bonchev–Trinajstić information content (AvgIpc) is 3.32. The summed E-state index contributed by atoms with van der Waals surface area (Å²) in [5.41, 5.74) is 0.423. The first-order valence-electron chi connectivity index (χ1n) is 10.0. The van der Waals surface area contributed by atoms with Gasteiger partial charge in [-0.25, -0.2) is 0 Å². The second kappa shape index (κ2) is 8.23. The molecule has 0 unspecified atom stereocenters. The van der Waals surface area contributed by atoms with Crippen LogP contribution in [0.25, 0.3) is 30.3 Å². The number of hydrogen-bond donors (Lipinski definition) is 0. The fraction of sp³-hybridized carbons (Fsp3) is 0.500. The van der Waals surface area contributed by atoms with E-state index in [0.29, 0.717) is 0 Å². The zero-order valence-corrected chi connectivity index (χ0v) is 21.0. The van der Waals surface area contributed by atoms with Crippen molar-refractivity contribution in [1.82, 2.24) is 0 Å². The van der Waals surface area contributed by atoms with Crippen LogP contribution < -0.4 is 0 Å². The maximum absolute atomic E-state index is 2.44. The molecule has 0 aliphatic heterocycles. The van der Waals surface area contributed by atoms with Crippen molar-refractivity contribution < 1.29 is 0 Å². The molecule has 0 N–H and O–H groups in total. The van der Waals surface area contributed by atoms with Crippen LogP contribution in [0.2, 0.25) is 0 Å². The highest BCUT2D eigenvalue weighted by Gasteiger charge is 2.23. The average molecular weight is 419 g/mol. The zero-order valence-electron chi connectivity index (χ0n) is 18.5. The third-order valence-corrected chi connectivity index (χ3v) is 8.58. The first kappa shape index (κ1) is 22.4. The summed E-state index contributed by atoms with van der Waals surface area (Å²) in [6, 6.07) is 7.18. The summed E-state index contributed by atoms with van der Waals surface area (Å²) >= 11 is 5.87. The highest BCUT2D eigenvalue weighted by molar-refractivity contribution is 7.29. The van der Waals surface area contributed by atoms with Crippen LogP contribution >= 0.6 is 34.0 Å². The third kappa shape index (κ3) is 4.11. The molecule has 0 saturated heterocycles. The fourth-order valence-electron chi connectivity index (χ4n) is 2.96. The molecule has 0 nitrogen and oxygen atoms in total. The predicted molar refractivity (Wildman–Crippen MR) is 133 cm³/mol. The van der Waals surface area contributed by atoms with Gasteiger partial charge in [-0.3, -0.25) is 0 Å². The molecule has 0 atom stereocenters. The van der Waals surface area contributed by atoms with Gasteiger partial charge < -0.3 is 0 Å². The summed E-state index contributed by atoms with van der Waals surface area (Å²) < 4.78 is 4.43. The van der Waals surface area contributed by atoms with Crippen LogP contribution in [-0.2, 0) is 10.8 Å². The zero-order chi connectivity index (χ0) is 20.6. The minimum absolute atomic E-state index is 0.211. The van der Waals surface area contributed by atoms with Crippen LogP contribution in [0.5, 0.6) is 0 Å². The Morgan fingerprint density at radius 3 is 1.52 bits per heavy atom. The van der Waals surface area contributed by atoms with E-state index < -0.39 is 0 Å². The van der Waals surface area contributed by atoms with E-state index in [1.54, 1.807) is 0 Å². The normalized spacial score (nSPS) is 12.1. The van der Waals surface area contributed by atoms with Crippen LogP contribution in [0.15, 0.2) is 23.6 Å². The smallest absolute Gasteiger partial charge is 0.0538 e. The Morgan fingerprint density at radius 1 is 0.593 bits per heavy atom. The van der Waals surface area contributed by atoms with Crippen molar-refractivity contribution in [2.75, 3.05) is 0 Å². The highest BCUT2D eigenvalue weighted by Crippen LogP contribution is 2.48. The number of thiophene rings is 3. The van der Waals surface area contributed by atoms with E-state index in [2.05, 4.69) is 65.1 Å². The Hall–Kier alpha value is -0.900. The third-order valence-electron chi connectivity index (χ3n) is 4.35. The van der Waals surface area contributed by atoms with Crippen molar-refractivity contribution in [2.45, 2.75) is 80.1 Å². The maximum Gasteiger partial charge on any atom is 0.0538 e. The Balaban J connectivity index is 0.000000614. The number of fused-ring (bicyclic) bond motifs is 6. The van der Waals surface area contributed by atoms with E-state index in [1.165, 1.54) is 40.0 Å². The van der Waals surface area contributed by atoms with Gasteiger partial charge in [-0.1, -0.05) is 69.2 Å². The molecule has 4 rings (SSSR count). The van der Waals surface area contributed by atoms with Crippen LogP contribution in [0.4, 0.5) is 0 Å². The summed E-state index contributed by atoms with van der Waals surface area (Å²) in [5, 5.41) is 6.58. The highest BCUT2D eigenvalue weighted by atomic mass is 32.1. The molecule has 3 heteroatoms. The lowest BCUT2D eigenvalue weighted by Crippen LogP contribution is -2.07. The Labute approximate surface area is 177 Å². The summed E-state index contributed by atoms with van der Waals surface area (Å²) in [6.07, 6.45) is 0. The molecule has 4 aromatic rings. The number of hydrogen-bond acceptors (Lipinski definition) is 3. The van der Waals surface area contributed by atoms with Crippen molar-refractivity contribution in [2.24, 2.45) is 0 Å². The fourth-order valence-corrected chi connectivity index (χ4v) is 6.57. The molecule has 0 fully saturated rings. The number of rotatable bonds is 0. The van der Waals surface area contributed by atoms with Crippen molar-refractivity contribution in [1.29, 1.82) is 0 Å². The maximum atomic E-state index is 2.44. The lowest BCUT2D eigenvalue weighted by molar-refractivity contribution is 0.604. The van der Waals surface area contributed by atoms with E-state index in [1.807, 2.05) is 61.7 Å². The molecule has 0 spiro atoms. The van der Waals surface area contributed by atoms with E-state index in [4.69, 9.17) is 0 Å². The molecule has 0 radical (unpaired) electrons. The molecular weight excluding hydrogens is 384 g/mol. The molecular formula is C24H34S3. The quantitative estimate of drug-likeness (QED) is 0.266. The predicted octanol–water partition coefficient (Wildman–Crippen LogP) is 9.98. The first-order chi connectivity index (χ1) is 12.7. The molecule has 27 heavy (non-hydrogen) atoms. The lowest BCUT2D eigenvalue weighted by Gasteiger charge is -2.15. The monoisotopic (exact) mass is 418 g/mol. The second-order valence-electron chi connectivity index (χ2n) is 8.37. The molecule has 0 aliphatic rings. The molecule has 1 aromatic carbocycles. The Bertz CT molecular complexity index is 944. The van der Waals surface area contributed by atoms with Crippen molar-refractivity contribution >= 4 is 64.3 Å². The minimum Gasteiger partial charge on any atom is -0.143 e. The van der Waals surface area contributed by atoms with Crippen molar-refractivity contribution in [3.05, 3.63) is 33.3 Å². The minimum atomic E-state index is 0.211. The Morgan fingerprint density at radius 2 is 1.04 bits per heavy atom. The van der Waals surface area contributed by atoms with Crippen molar-refractivity contribution in [3.8, 4) is 0 Å². The molecule has 3 heterocycles. The standard InChI is InChI=1S/C20H22S3.2C2H6/c1-19(2,3)14-9-12-11-7-8-21-16(11)13-10-15(20(4,5)6)23-18(13)17(12)22-14;2*1-2/h7-10H,1-6H3;2*1-2H3. The Kier molecular flexibility index (Phi) is 6.82. The van der Waals surface area contributed by atoms with Gasteiger partial charge in [-0.15, -0.1) is 34.0 Å². The van der Waals surface area contributed by atoms with E-state index >= 15 is 0 Å². The van der Waals surface area contributed by atoms with Gasteiger partial charge in [0.15, 0.2) is 0 Å². The van der Waals surface area contributed by atoms with Crippen LogP contribution in [0.1, 0.15) is 79.0 Å². The van der Waals surface area contributed by atoms with Gasteiger partial charge >= 0.3 is 0 Å². The van der Waals surface area contributed by atoms with E-state index in [0.717, 1.165) is 0 Å². The van der Waals surface area contributed by atoms with Crippen LogP contribution in [-0.4, -0.2) is 0 Å². The SMILES string of the molecule is CC.CC.CC(C)(C)c1cc2c3ccsc3c3cc(C(C)(C)C)sc3c2s1. The summed E-state index contributed by atoms with van der Waals surface area (Å²) in [6.45, 7) is 21.9.